The number of hydrogen-bond donors (Lipinski definition) is 2. The second-order valence-electron chi connectivity index (χ2n) is 5.11. The molecule has 0 aromatic carbocycles. The zero-order valence-corrected chi connectivity index (χ0v) is 12.4. The molecule has 116 valence electrons. The highest BCUT2D eigenvalue weighted by molar-refractivity contribution is 5.97. The fraction of sp³-hybridized carbons (Fsp3) is 0.533. The molecule has 0 aliphatic carbocycles. The number of Topliss-reactive ketones (excluding diaryl/α,β-unsaturated/α-hetero) is 1. The van der Waals surface area contributed by atoms with E-state index in [0.29, 0.717) is 31.4 Å². The van der Waals surface area contributed by atoms with Crippen LogP contribution in [0.4, 0.5) is 0 Å². The van der Waals surface area contributed by atoms with Crippen LogP contribution in [-0.2, 0) is 22.6 Å². The lowest BCUT2D eigenvalue weighted by molar-refractivity contribution is -0.138. The Morgan fingerprint density at radius 2 is 1.71 bits per heavy atom. The highest BCUT2D eigenvalue weighted by Gasteiger charge is 2.16. The average Bonchev–Trinajstić information content (AvgIpc) is 2.68. The van der Waals surface area contributed by atoms with Crippen molar-refractivity contribution in [2.45, 2.75) is 52.5 Å². The van der Waals surface area contributed by atoms with E-state index in [2.05, 4.69) is 0 Å². The molecule has 0 saturated carbocycles. The van der Waals surface area contributed by atoms with Crippen LogP contribution in [0.25, 0.3) is 0 Å². The van der Waals surface area contributed by atoms with Gasteiger partial charge in [-0.3, -0.25) is 14.4 Å². The summed E-state index contributed by atoms with van der Waals surface area (Å²) in [6.07, 6.45) is 3.54. The standard InChI is InChI=1S/C15H21NO5/c1-10-15(11(2)17)12(6-7-14(20)21)9-16(10)8-4-3-5-13(18)19/h9H,3-8H2,1-2H3,(H,18,19)(H,20,21). The number of carboxylic acids is 2. The maximum Gasteiger partial charge on any atom is 0.303 e. The van der Waals surface area contributed by atoms with Crippen molar-refractivity contribution in [3.05, 3.63) is 23.0 Å². The summed E-state index contributed by atoms with van der Waals surface area (Å²) in [6.45, 7) is 3.94. The summed E-state index contributed by atoms with van der Waals surface area (Å²) >= 11 is 0. The third kappa shape index (κ3) is 5.06. The van der Waals surface area contributed by atoms with E-state index in [1.807, 2.05) is 17.7 Å². The first-order chi connectivity index (χ1) is 9.82. The zero-order valence-electron chi connectivity index (χ0n) is 12.4. The smallest absolute Gasteiger partial charge is 0.303 e. The van der Waals surface area contributed by atoms with E-state index in [1.54, 1.807) is 0 Å². The van der Waals surface area contributed by atoms with Gasteiger partial charge in [-0.05, 0) is 38.7 Å². The Kier molecular flexibility index (Phi) is 6.14. The van der Waals surface area contributed by atoms with E-state index in [1.165, 1.54) is 6.92 Å². The van der Waals surface area contributed by atoms with E-state index >= 15 is 0 Å². The van der Waals surface area contributed by atoms with Crippen LogP contribution in [-0.4, -0.2) is 32.5 Å². The molecule has 1 rings (SSSR count). The molecule has 2 N–H and O–H groups in total. The Hall–Kier alpha value is -2.11. The number of carbonyl (C=O) groups is 3. The van der Waals surface area contributed by atoms with Gasteiger partial charge in [-0.15, -0.1) is 0 Å². The molecule has 0 bridgehead atoms. The van der Waals surface area contributed by atoms with Gasteiger partial charge in [0.05, 0.1) is 0 Å². The minimum absolute atomic E-state index is 0.0112. The monoisotopic (exact) mass is 295 g/mol. The van der Waals surface area contributed by atoms with Gasteiger partial charge in [0.25, 0.3) is 0 Å². The molecule has 21 heavy (non-hydrogen) atoms. The van der Waals surface area contributed by atoms with Crippen molar-refractivity contribution >= 4 is 17.7 Å². The summed E-state index contributed by atoms with van der Waals surface area (Å²) in [7, 11) is 0. The molecule has 1 aromatic rings. The Balaban J connectivity index is 2.80. The van der Waals surface area contributed by atoms with Gasteiger partial charge in [-0.25, -0.2) is 0 Å². The normalized spacial score (nSPS) is 10.6. The van der Waals surface area contributed by atoms with Crippen molar-refractivity contribution < 1.29 is 24.6 Å². The maximum absolute atomic E-state index is 11.7. The van der Waals surface area contributed by atoms with Crippen LogP contribution in [0, 0.1) is 6.92 Å². The van der Waals surface area contributed by atoms with Crippen LogP contribution in [0.1, 0.15) is 54.2 Å². The van der Waals surface area contributed by atoms with Crippen LogP contribution in [0.2, 0.25) is 0 Å². The summed E-state index contributed by atoms with van der Waals surface area (Å²) in [6, 6.07) is 0. The number of carbonyl (C=O) groups excluding carboxylic acids is 1. The van der Waals surface area contributed by atoms with E-state index in [4.69, 9.17) is 10.2 Å². The van der Waals surface area contributed by atoms with Gasteiger partial charge in [0.2, 0.25) is 0 Å². The highest BCUT2D eigenvalue weighted by Crippen LogP contribution is 2.20. The lowest BCUT2D eigenvalue weighted by Gasteiger charge is -2.05. The van der Waals surface area contributed by atoms with E-state index in [9.17, 15) is 14.4 Å². The minimum Gasteiger partial charge on any atom is -0.481 e. The van der Waals surface area contributed by atoms with Crippen molar-refractivity contribution in [2.75, 3.05) is 0 Å². The van der Waals surface area contributed by atoms with Gasteiger partial charge in [0.15, 0.2) is 5.78 Å². The Bertz CT molecular complexity index is 545. The molecule has 0 aliphatic heterocycles. The van der Waals surface area contributed by atoms with E-state index < -0.39 is 11.9 Å². The number of carboxylic acid groups (broad SMARTS) is 2. The molecule has 0 aliphatic rings. The molecule has 0 atom stereocenters. The molecule has 0 fully saturated rings. The van der Waals surface area contributed by atoms with Crippen LogP contribution in [0.15, 0.2) is 6.20 Å². The molecule has 6 nitrogen and oxygen atoms in total. The summed E-state index contributed by atoms with van der Waals surface area (Å²) in [5, 5.41) is 17.4. The fourth-order valence-electron chi connectivity index (χ4n) is 2.43. The third-order valence-corrected chi connectivity index (χ3v) is 3.43. The first-order valence-electron chi connectivity index (χ1n) is 6.96. The molecule has 0 saturated heterocycles. The van der Waals surface area contributed by atoms with Gasteiger partial charge < -0.3 is 14.8 Å². The van der Waals surface area contributed by atoms with E-state index in [0.717, 1.165) is 11.3 Å². The van der Waals surface area contributed by atoms with Crippen LogP contribution < -0.4 is 0 Å². The van der Waals surface area contributed by atoms with Crippen molar-refractivity contribution in [3.63, 3.8) is 0 Å². The van der Waals surface area contributed by atoms with Crippen LogP contribution >= 0.6 is 0 Å². The average molecular weight is 295 g/mol. The molecular weight excluding hydrogens is 274 g/mol. The molecule has 1 aromatic heterocycles. The minimum atomic E-state index is -0.892. The predicted molar refractivity (Wildman–Crippen MR) is 76.6 cm³/mol. The van der Waals surface area contributed by atoms with Crippen LogP contribution in [0.5, 0.6) is 0 Å². The quantitative estimate of drug-likeness (QED) is 0.538. The van der Waals surface area contributed by atoms with Crippen molar-refractivity contribution in [3.8, 4) is 0 Å². The number of ketones is 1. The molecule has 1 heterocycles. The summed E-state index contributed by atoms with van der Waals surface area (Å²) in [4.78, 5) is 32.9. The molecule has 0 radical (unpaired) electrons. The Morgan fingerprint density at radius 3 is 2.24 bits per heavy atom. The molecule has 0 amide bonds. The summed E-state index contributed by atoms with van der Waals surface area (Å²) < 4.78 is 1.91. The second-order valence-corrected chi connectivity index (χ2v) is 5.11. The molecule has 0 unspecified atom stereocenters. The molecular formula is C15H21NO5. The lowest BCUT2D eigenvalue weighted by Crippen LogP contribution is -2.03. The van der Waals surface area contributed by atoms with Gasteiger partial charge in [-0.2, -0.15) is 0 Å². The Morgan fingerprint density at radius 1 is 1.10 bits per heavy atom. The van der Waals surface area contributed by atoms with Gasteiger partial charge >= 0.3 is 11.9 Å². The number of hydrogen-bond acceptors (Lipinski definition) is 3. The predicted octanol–water partition coefficient (Wildman–Crippen LogP) is 2.27. The number of nitrogens with zero attached hydrogens (tertiary/aromatic N) is 1. The second kappa shape index (κ2) is 7.61. The largest absolute Gasteiger partial charge is 0.481 e. The fourth-order valence-corrected chi connectivity index (χ4v) is 2.43. The van der Waals surface area contributed by atoms with Crippen molar-refractivity contribution in [1.29, 1.82) is 0 Å². The van der Waals surface area contributed by atoms with Crippen LogP contribution in [0.3, 0.4) is 0 Å². The van der Waals surface area contributed by atoms with Gasteiger partial charge in [-0.1, -0.05) is 0 Å². The number of aromatic nitrogens is 1. The topological polar surface area (TPSA) is 96.6 Å². The van der Waals surface area contributed by atoms with Crippen molar-refractivity contribution in [1.82, 2.24) is 4.57 Å². The number of rotatable bonds is 9. The third-order valence-electron chi connectivity index (χ3n) is 3.43. The first kappa shape index (κ1) is 16.9. The number of unbranched alkanes of at least 4 members (excludes halogenated alkanes) is 1. The maximum atomic E-state index is 11.7. The highest BCUT2D eigenvalue weighted by atomic mass is 16.4. The zero-order chi connectivity index (χ0) is 16.0. The van der Waals surface area contributed by atoms with Gasteiger partial charge in [0, 0.05) is 36.8 Å². The summed E-state index contributed by atoms with van der Waals surface area (Å²) in [5.41, 5.74) is 2.16. The summed E-state index contributed by atoms with van der Waals surface area (Å²) in [5.74, 6) is -1.78. The number of aliphatic carboxylic acids is 2. The van der Waals surface area contributed by atoms with E-state index in [-0.39, 0.29) is 18.6 Å². The van der Waals surface area contributed by atoms with Crippen molar-refractivity contribution in [2.24, 2.45) is 0 Å². The first-order valence-corrected chi connectivity index (χ1v) is 6.96. The number of aryl methyl sites for hydroxylation is 2. The SMILES string of the molecule is CC(=O)c1c(CCC(=O)O)cn(CCCCC(=O)O)c1C. The van der Waals surface area contributed by atoms with Gasteiger partial charge in [0.1, 0.15) is 0 Å². The molecule has 0 spiro atoms. The Labute approximate surface area is 123 Å². The molecule has 6 heteroatoms. The lowest BCUT2D eigenvalue weighted by atomic mass is 10.0.